The molecule has 1 fully saturated rings. The lowest BCUT2D eigenvalue weighted by Crippen LogP contribution is -2.30. The molecule has 1 heterocycles. The summed E-state index contributed by atoms with van der Waals surface area (Å²) in [6, 6.07) is 5.08. The Hall–Kier alpha value is -2.24. The summed E-state index contributed by atoms with van der Waals surface area (Å²) in [6.07, 6.45) is 0.613. The zero-order valence-electron chi connectivity index (χ0n) is 11.6. The van der Waals surface area contributed by atoms with Gasteiger partial charge in [0, 0.05) is 13.1 Å². The number of carbonyl (C=O) groups is 2. The standard InChI is InChI=1S/C14H18N2O4/c1-19-11-5-3-4-10(12(11)15)13(17)16-7-6-9(8-16)14(18)20-2/h3-5,9H,6-8,15H2,1-2H3. The van der Waals surface area contributed by atoms with Gasteiger partial charge in [-0.2, -0.15) is 0 Å². The molecule has 1 unspecified atom stereocenters. The summed E-state index contributed by atoms with van der Waals surface area (Å²) >= 11 is 0. The van der Waals surface area contributed by atoms with Crippen LogP contribution in [0.15, 0.2) is 18.2 Å². The molecular weight excluding hydrogens is 260 g/mol. The highest BCUT2D eigenvalue weighted by Crippen LogP contribution is 2.27. The fourth-order valence-corrected chi connectivity index (χ4v) is 2.38. The maximum atomic E-state index is 12.4. The predicted octanol–water partition coefficient (Wildman–Crippen LogP) is 0.912. The Morgan fingerprint density at radius 3 is 2.75 bits per heavy atom. The Morgan fingerprint density at radius 2 is 2.10 bits per heavy atom. The van der Waals surface area contributed by atoms with E-state index in [1.807, 2.05) is 0 Å². The molecule has 1 aliphatic rings. The summed E-state index contributed by atoms with van der Waals surface area (Å²) < 4.78 is 9.81. The van der Waals surface area contributed by atoms with Crippen LogP contribution in [0.4, 0.5) is 5.69 Å². The number of anilines is 1. The average molecular weight is 278 g/mol. The molecule has 20 heavy (non-hydrogen) atoms. The van der Waals surface area contributed by atoms with Gasteiger partial charge in [-0.15, -0.1) is 0 Å². The number of rotatable bonds is 3. The van der Waals surface area contributed by atoms with Gasteiger partial charge in [0.05, 0.1) is 31.4 Å². The minimum Gasteiger partial charge on any atom is -0.495 e. The van der Waals surface area contributed by atoms with Gasteiger partial charge in [-0.05, 0) is 18.6 Å². The van der Waals surface area contributed by atoms with Gasteiger partial charge in [0.25, 0.3) is 5.91 Å². The monoisotopic (exact) mass is 278 g/mol. The number of hydrogen-bond donors (Lipinski definition) is 1. The number of nitrogens with two attached hydrogens (primary N) is 1. The number of carbonyl (C=O) groups excluding carboxylic acids is 2. The molecule has 6 nitrogen and oxygen atoms in total. The Bertz CT molecular complexity index is 530. The van der Waals surface area contributed by atoms with Crippen LogP contribution in [0.25, 0.3) is 0 Å². The largest absolute Gasteiger partial charge is 0.495 e. The van der Waals surface area contributed by atoms with E-state index in [2.05, 4.69) is 0 Å². The van der Waals surface area contributed by atoms with Crippen LogP contribution in [0, 0.1) is 5.92 Å². The van der Waals surface area contributed by atoms with Gasteiger partial charge in [-0.1, -0.05) is 6.07 Å². The lowest BCUT2D eigenvalue weighted by molar-refractivity contribution is -0.144. The molecule has 0 aliphatic carbocycles. The summed E-state index contributed by atoms with van der Waals surface area (Å²) in [5, 5.41) is 0. The van der Waals surface area contributed by atoms with Crippen LogP contribution in [-0.2, 0) is 9.53 Å². The van der Waals surface area contributed by atoms with Gasteiger partial charge in [0.1, 0.15) is 5.75 Å². The van der Waals surface area contributed by atoms with E-state index < -0.39 is 0 Å². The summed E-state index contributed by atoms with van der Waals surface area (Å²) in [7, 11) is 2.86. The Kier molecular flexibility index (Phi) is 4.12. The molecule has 1 amide bonds. The number of nitrogens with zero attached hydrogens (tertiary/aromatic N) is 1. The third kappa shape index (κ3) is 2.54. The molecule has 0 saturated carbocycles. The first kappa shape index (κ1) is 14.2. The predicted molar refractivity (Wildman–Crippen MR) is 73.4 cm³/mol. The number of amides is 1. The smallest absolute Gasteiger partial charge is 0.310 e. The van der Waals surface area contributed by atoms with Crippen molar-refractivity contribution in [3.8, 4) is 5.75 Å². The topological polar surface area (TPSA) is 81.9 Å². The van der Waals surface area contributed by atoms with E-state index >= 15 is 0 Å². The molecule has 0 bridgehead atoms. The third-order valence-electron chi connectivity index (χ3n) is 3.53. The molecule has 1 atom stereocenters. The van der Waals surface area contributed by atoms with E-state index in [-0.39, 0.29) is 17.8 Å². The number of esters is 1. The van der Waals surface area contributed by atoms with Crippen LogP contribution in [0.2, 0.25) is 0 Å². The maximum absolute atomic E-state index is 12.4. The summed E-state index contributed by atoms with van der Waals surface area (Å²) in [6.45, 7) is 0.886. The summed E-state index contributed by atoms with van der Waals surface area (Å²) in [5.74, 6) is -0.248. The van der Waals surface area contributed by atoms with Crippen molar-refractivity contribution in [2.75, 3.05) is 33.0 Å². The highest BCUT2D eigenvalue weighted by molar-refractivity contribution is 6.00. The van der Waals surface area contributed by atoms with Crippen molar-refractivity contribution in [1.29, 1.82) is 0 Å². The lowest BCUT2D eigenvalue weighted by atomic mass is 10.1. The fourth-order valence-electron chi connectivity index (χ4n) is 2.38. The van der Waals surface area contributed by atoms with E-state index in [1.165, 1.54) is 14.2 Å². The summed E-state index contributed by atoms with van der Waals surface area (Å²) in [4.78, 5) is 25.5. The maximum Gasteiger partial charge on any atom is 0.310 e. The van der Waals surface area contributed by atoms with Crippen molar-refractivity contribution < 1.29 is 19.1 Å². The van der Waals surface area contributed by atoms with Crippen LogP contribution in [0.1, 0.15) is 16.8 Å². The fraction of sp³-hybridized carbons (Fsp3) is 0.429. The Balaban J connectivity index is 2.15. The summed E-state index contributed by atoms with van der Waals surface area (Å²) in [5.41, 5.74) is 6.64. The lowest BCUT2D eigenvalue weighted by Gasteiger charge is -2.18. The zero-order chi connectivity index (χ0) is 14.7. The molecule has 0 aromatic heterocycles. The van der Waals surface area contributed by atoms with E-state index in [0.29, 0.717) is 36.5 Å². The Labute approximate surface area is 117 Å². The van der Waals surface area contributed by atoms with Gasteiger partial charge in [-0.25, -0.2) is 0 Å². The van der Waals surface area contributed by atoms with Crippen molar-refractivity contribution in [3.05, 3.63) is 23.8 Å². The van der Waals surface area contributed by atoms with Crippen LogP contribution < -0.4 is 10.5 Å². The van der Waals surface area contributed by atoms with E-state index in [0.717, 1.165) is 0 Å². The second-order valence-electron chi connectivity index (χ2n) is 4.68. The van der Waals surface area contributed by atoms with Gasteiger partial charge in [-0.3, -0.25) is 9.59 Å². The molecule has 0 radical (unpaired) electrons. The normalized spacial score (nSPS) is 17.9. The number of hydrogen-bond acceptors (Lipinski definition) is 5. The SMILES string of the molecule is COC(=O)C1CCN(C(=O)c2cccc(OC)c2N)C1. The number of methoxy groups -OCH3 is 2. The van der Waals surface area contributed by atoms with Gasteiger partial charge < -0.3 is 20.1 Å². The third-order valence-corrected chi connectivity index (χ3v) is 3.53. The first-order valence-corrected chi connectivity index (χ1v) is 6.38. The molecule has 1 aromatic rings. The number of benzene rings is 1. The molecule has 1 aliphatic heterocycles. The first-order valence-electron chi connectivity index (χ1n) is 6.38. The molecule has 1 saturated heterocycles. The van der Waals surface area contributed by atoms with Gasteiger partial charge in [0.15, 0.2) is 0 Å². The second kappa shape index (κ2) is 5.81. The molecule has 6 heteroatoms. The Morgan fingerprint density at radius 1 is 1.35 bits per heavy atom. The van der Waals surface area contributed by atoms with E-state index in [9.17, 15) is 9.59 Å². The molecule has 2 N–H and O–H groups in total. The van der Waals surface area contributed by atoms with Crippen molar-refractivity contribution in [3.63, 3.8) is 0 Å². The zero-order valence-corrected chi connectivity index (χ0v) is 11.6. The number of para-hydroxylation sites is 1. The quantitative estimate of drug-likeness (QED) is 0.656. The molecule has 108 valence electrons. The van der Waals surface area contributed by atoms with Crippen molar-refractivity contribution in [2.45, 2.75) is 6.42 Å². The second-order valence-corrected chi connectivity index (χ2v) is 4.68. The van der Waals surface area contributed by atoms with Crippen LogP contribution in [-0.4, -0.2) is 44.1 Å². The number of likely N-dealkylation sites (tertiary alicyclic amines) is 1. The van der Waals surface area contributed by atoms with Crippen molar-refractivity contribution in [2.24, 2.45) is 5.92 Å². The minimum absolute atomic E-state index is 0.187. The van der Waals surface area contributed by atoms with Crippen molar-refractivity contribution >= 4 is 17.6 Å². The van der Waals surface area contributed by atoms with Crippen LogP contribution >= 0.6 is 0 Å². The van der Waals surface area contributed by atoms with Crippen LogP contribution in [0.3, 0.4) is 0 Å². The minimum atomic E-state index is -0.279. The van der Waals surface area contributed by atoms with E-state index in [4.69, 9.17) is 15.2 Å². The molecular formula is C14H18N2O4. The number of ether oxygens (including phenoxy) is 2. The van der Waals surface area contributed by atoms with Gasteiger partial charge in [0.2, 0.25) is 0 Å². The van der Waals surface area contributed by atoms with Gasteiger partial charge >= 0.3 is 5.97 Å². The van der Waals surface area contributed by atoms with Crippen LogP contribution in [0.5, 0.6) is 5.75 Å². The highest BCUT2D eigenvalue weighted by atomic mass is 16.5. The van der Waals surface area contributed by atoms with E-state index in [1.54, 1.807) is 23.1 Å². The highest BCUT2D eigenvalue weighted by Gasteiger charge is 2.32. The average Bonchev–Trinajstić information content (AvgIpc) is 2.95. The molecule has 1 aromatic carbocycles. The molecule has 0 spiro atoms. The van der Waals surface area contributed by atoms with Crippen molar-refractivity contribution in [1.82, 2.24) is 4.90 Å². The number of nitrogen functional groups attached to an aromatic ring is 1. The first-order chi connectivity index (χ1) is 9.58. The molecule has 2 rings (SSSR count).